The molecule has 3 heterocycles. The van der Waals surface area contributed by atoms with E-state index in [4.69, 9.17) is 16.3 Å². The molecule has 5 atom stereocenters. The van der Waals surface area contributed by atoms with Crippen LogP contribution in [0.4, 0.5) is 5.69 Å². The summed E-state index contributed by atoms with van der Waals surface area (Å²) in [7, 11) is 0. The van der Waals surface area contributed by atoms with Crippen molar-refractivity contribution in [2.45, 2.75) is 24.2 Å². The molecular weight excluding hydrogens is 330 g/mol. The van der Waals surface area contributed by atoms with Gasteiger partial charge in [0.15, 0.2) is 0 Å². The molecule has 3 aliphatic heterocycles. The maximum atomic E-state index is 13.2. The number of aliphatic carboxylic acids is 1. The molecular formula is C18H16ClNO4. The van der Waals surface area contributed by atoms with Crippen LogP contribution in [0.2, 0.25) is 5.02 Å². The summed E-state index contributed by atoms with van der Waals surface area (Å²) in [5, 5.41) is 10.0. The summed E-state index contributed by atoms with van der Waals surface area (Å²) < 4.78 is 6.04. The number of hydrogen-bond donors (Lipinski definition) is 1. The molecule has 0 aliphatic carbocycles. The van der Waals surface area contributed by atoms with Crippen LogP contribution in [-0.4, -0.2) is 34.7 Å². The van der Waals surface area contributed by atoms with Crippen LogP contribution in [0, 0.1) is 11.8 Å². The van der Waals surface area contributed by atoms with E-state index >= 15 is 0 Å². The second-order valence-corrected chi connectivity index (χ2v) is 6.74. The lowest BCUT2D eigenvalue weighted by atomic mass is 9.74. The fourth-order valence-electron chi connectivity index (χ4n) is 4.31. The molecule has 3 aliphatic rings. The molecule has 2 fully saturated rings. The van der Waals surface area contributed by atoms with Gasteiger partial charge in [0.2, 0.25) is 5.91 Å². The Labute approximate surface area is 144 Å². The number of hydrogen-bond acceptors (Lipinski definition) is 3. The number of para-hydroxylation sites is 1. The zero-order valence-corrected chi connectivity index (χ0v) is 13.5. The molecule has 1 amide bonds. The van der Waals surface area contributed by atoms with E-state index in [1.165, 1.54) is 0 Å². The van der Waals surface area contributed by atoms with E-state index in [9.17, 15) is 14.7 Å². The Hall–Kier alpha value is -2.11. The van der Waals surface area contributed by atoms with E-state index in [-0.39, 0.29) is 11.9 Å². The van der Waals surface area contributed by atoms with Gasteiger partial charge in [0.05, 0.1) is 28.8 Å². The Balaban J connectivity index is 1.87. The van der Waals surface area contributed by atoms with Crippen LogP contribution in [0.3, 0.4) is 0 Å². The van der Waals surface area contributed by atoms with Crippen LogP contribution in [0.25, 0.3) is 0 Å². The molecule has 0 radical (unpaired) electrons. The molecule has 2 bridgehead atoms. The molecule has 2 saturated heterocycles. The lowest BCUT2D eigenvalue weighted by Gasteiger charge is -2.32. The third-order valence-electron chi connectivity index (χ3n) is 5.21. The van der Waals surface area contributed by atoms with Crippen molar-refractivity contribution in [2.75, 3.05) is 4.90 Å². The maximum Gasteiger partial charge on any atom is 0.310 e. The lowest BCUT2D eigenvalue weighted by Crippen LogP contribution is -2.45. The first-order valence-electron chi connectivity index (χ1n) is 7.79. The molecule has 1 aromatic rings. The third kappa shape index (κ3) is 1.79. The Morgan fingerprint density at radius 3 is 2.88 bits per heavy atom. The van der Waals surface area contributed by atoms with Crippen LogP contribution in [-0.2, 0) is 14.3 Å². The number of benzene rings is 1. The molecule has 0 saturated carbocycles. The fourth-order valence-corrected chi connectivity index (χ4v) is 4.54. The average molecular weight is 346 g/mol. The predicted octanol–water partition coefficient (Wildman–Crippen LogP) is 2.66. The van der Waals surface area contributed by atoms with Crippen molar-refractivity contribution in [1.29, 1.82) is 0 Å². The number of carboxylic acids is 1. The number of halogens is 1. The van der Waals surface area contributed by atoms with Gasteiger partial charge in [-0.15, -0.1) is 6.58 Å². The minimum Gasteiger partial charge on any atom is -0.481 e. The van der Waals surface area contributed by atoms with Crippen LogP contribution < -0.4 is 4.90 Å². The van der Waals surface area contributed by atoms with Crippen molar-refractivity contribution in [3.8, 4) is 0 Å². The van der Waals surface area contributed by atoms with Crippen molar-refractivity contribution in [3.63, 3.8) is 0 Å². The van der Waals surface area contributed by atoms with Crippen molar-refractivity contribution < 1.29 is 19.4 Å². The highest BCUT2D eigenvalue weighted by molar-refractivity contribution is 6.34. The third-order valence-corrected chi connectivity index (χ3v) is 5.53. The molecule has 1 spiro atoms. The number of anilines is 1. The molecule has 0 unspecified atom stereocenters. The normalized spacial score (nSPS) is 36.2. The number of nitrogens with zero attached hydrogens (tertiary/aromatic N) is 1. The van der Waals surface area contributed by atoms with E-state index < -0.39 is 29.5 Å². The summed E-state index contributed by atoms with van der Waals surface area (Å²) in [6.07, 6.45) is 5.26. The van der Waals surface area contributed by atoms with Gasteiger partial charge in [0.25, 0.3) is 0 Å². The summed E-state index contributed by atoms with van der Waals surface area (Å²) >= 11 is 6.29. The van der Waals surface area contributed by atoms with Crippen molar-refractivity contribution in [3.05, 3.63) is 54.1 Å². The van der Waals surface area contributed by atoms with Gasteiger partial charge in [-0.25, -0.2) is 0 Å². The van der Waals surface area contributed by atoms with Crippen LogP contribution in [0.5, 0.6) is 0 Å². The SMILES string of the molecule is C=CC[C@@H]1N(c2ccccc2Cl)C(=O)[C@H]2[C@@H](C(=O)O)[C@H]3C=C[C@@]12O3. The van der Waals surface area contributed by atoms with Crippen molar-refractivity contribution in [2.24, 2.45) is 11.8 Å². The van der Waals surface area contributed by atoms with E-state index in [2.05, 4.69) is 6.58 Å². The van der Waals surface area contributed by atoms with Gasteiger partial charge in [-0.3, -0.25) is 9.59 Å². The number of carboxylic acid groups (broad SMARTS) is 1. The molecule has 0 aromatic heterocycles. The number of carbonyl (C=O) groups excluding carboxylic acids is 1. The summed E-state index contributed by atoms with van der Waals surface area (Å²) in [6, 6.07) is 6.70. The average Bonchev–Trinajstić information content (AvgIpc) is 3.18. The topological polar surface area (TPSA) is 66.8 Å². The zero-order chi connectivity index (χ0) is 17.1. The van der Waals surface area contributed by atoms with Crippen molar-refractivity contribution >= 4 is 29.2 Å². The van der Waals surface area contributed by atoms with Crippen molar-refractivity contribution in [1.82, 2.24) is 0 Å². The molecule has 4 rings (SSSR count). The van der Waals surface area contributed by atoms with E-state index in [0.717, 1.165) is 0 Å². The Morgan fingerprint density at radius 2 is 2.21 bits per heavy atom. The van der Waals surface area contributed by atoms with Gasteiger partial charge in [-0.1, -0.05) is 42.0 Å². The minimum absolute atomic E-state index is 0.255. The number of fused-ring (bicyclic) bond motifs is 1. The monoisotopic (exact) mass is 345 g/mol. The van der Waals surface area contributed by atoms with Gasteiger partial charge in [0.1, 0.15) is 11.5 Å². The van der Waals surface area contributed by atoms with Gasteiger partial charge < -0.3 is 14.7 Å². The smallest absolute Gasteiger partial charge is 0.310 e. The first-order valence-corrected chi connectivity index (χ1v) is 8.17. The molecule has 124 valence electrons. The molecule has 5 nitrogen and oxygen atoms in total. The highest BCUT2D eigenvalue weighted by atomic mass is 35.5. The Bertz CT molecular complexity index is 776. The van der Waals surface area contributed by atoms with E-state index in [1.807, 2.05) is 6.08 Å². The van der Waals surface area contributed by atoms with Gasteiger partial charge in [-0.05, 0) is 18.6 Å². The van der Waals surface area contributed by atoms with E-state index in [1.54, 1.807) is 41.3 Å². The Kier molecular flexibility index (Phi) is 3.34. The predicted molar refractivity (Wildman–Crippen MR) is 88.9 cm³/mol. The second-order valence-electron chi connectivity index (χ2n) is 6.34. The quantitative estimate of drug-likeness (QED) is 0.852. The van der Waals surface area contributed by atoms with Gasteiger partial charge in [-0.2, -0.15) is 0 Å². The first kappa shape index (κ1) is 15.4. The number of ether oxygens (including phenoxy) is 1. The molecule has 1 aromatic carbocycles. The molecule has 1 N–H and O–H groups in total. The highest BCUT2D eigenvalue weighted by Gasteiger charge is 2.71. The highest BCUT2D eigenvalue weighted by Crippen LogP contribution is 2.56. The lowest BCUT2D eigenvalue weighted by molar-refractivity contribution is -0.146. The zero-order valence-electron chi connectivity index (χ0n) is 12.8. The first-order chi connectivity index (χ1) is 11.5. The largest absolute Gasteiger partial charge is 0.481 e. The summed E-state index contributed by atoms with van der Waals surface area (Å²) in [5.74, 6) is -2.88. The number of carbonyl (C=O) groups is 2. The number of amides is 1. The summed E-state index contributed by atoms with van der Waals surface area (Å²) in [5.41, 5.74) is -0.359. The van der Waals surface area contributed by atoms with Crippen LogP contribution >= 0.6 is 11.6 Å². The van der Waals surface area contributed by atoms with E-state index in [0.29, 0.717) is 17.1 Å². The minimum atomic E-state index is -1.01. The Morgan fingerprint density at radius 1 is 1.46 bits per heavy atom. The van der Waals surface area contributed by atoms with Crippen LogP contribution in [0.15, 0.2) is 49.1 Å². The standard InChI is InChI=1S/C18H16ClNO4/c1-2-5-13-18-9-8-12(24-18)14(17(22)23)15(18)16(21)20(13)11-7-4-3-6-10(11)19/h2-4,6-9,12-15H,1,5H2,(H,22,23)/t12-,13+,14+,15-,18-/m1/s1. The number of rotatable bonds is 4. The summed E-state index contributed by atoms with van der Waals surface area (Å²) in [6.45, 7) is 3.78. The fraction of sp³-hybridized carbons (Fsp3) is 0.333. The summed E-state index contributed by atoms with van der Waals surface area (Å²) in [4.78, 5) is 26.5. The second kappa shape index (κ2) is 5.19. The van der Waals surface area contributed by atoms with Gasteiger partial charge >= 0.3 is 5.97 Å². The molecule has 6 heteroatoms. The van der Waals surface area contributed by atoms with Crippen LogP contribution in [0.1, 0.15) is 6.42 Å². The maximum absolute atomic E-state index is 13.2. The molecule has 24 heavy (non-hydrogen) atoms. The van der Waals surface area contributed by atoms with Gasteiger partial charge in [0, 0.05) is 0 Å².